The van der Waals surface area contributed by atoms with E-state index < -0.39 is 13.2 Å². The van der Waals surface area contributed by atoms with Crippen LogP contribution in [0.5, 0.6) is 11.5 Å². The lowest BCUT2D eigenvalue weighted by atomic mass is 10.2. The first-order chi connectivity index (χ1) is 9.53. The fraction of sp³-hybridized carbons (Fsp3) is 0.200. The summed E-state index contributed by atoms with van der Waals surface area (Å²) in [7, 11) is -1.22. The average molecular weight is 291 g/mol. The molecule has 0 amide bonds. The standard InChI is InChI=1S/C15H18NO3P/c1-16-15(12-8-10-13(17)11-9-12)20(2,18)19-14-6-4-3-5-7-14/h3-11,15-17H,1-2H3. The van der Waals surface area contributed by atoms with Gasteiger partial charge in [0.1, 0.15) is 17.3 Å². The van der Waals surface area contributed by atoms with E-state index in [9.17, 15) is 9.67 Å². The molecule has 0 saturated heterocycles. The van der Waals surface area contributed by atoms with E-state index in [4.69, 9.17) is 4.52 Å². The zero-order valence-electron chi connectivity index (χ0n) is 11.5. The molecule has 0 saturated carbocycles. The fourth-order valence-electron chi connectivity index (χ4n) is 2.07. The van der Waals surface area contributed by atoms with Crippen molar-refractivity contribution in [3.05, 3.63) is 60.2 Å². The second-order valence-corrected chi connectivity index (χ2v) is 7.11. The highest BCUT2D eigenvalue weighted by Crippen LogP contribution is 2.55. The van der Waals surface area contributed by atoms with E-state index in [1.165, 1.54) is 0 Å². The Morgan fingerprint density at radius 3 is 2.25 bits per heavy atom. The van der Waals surface area contributed by atoms with Crippen molar-refractivity contribution >= 4 is 7.37 Å². The first kappa shape index (κ1) is 14.6. The van der Waals surface area contributed by atoms with Crippen LogP contribution >= 0.6 is 7.37 Å². The molecule has 5 heteroatoms. The molecule has 0 bridgehead atoms. The van der Waals surface area contributed by atoms with E-state index in [0.29, 0.717) is 5.75 Å². The zero-order chi connectivity index (χ0) is 14.6. The van der Waals surface area contributed by atoms with Gasteiger partial charge in [0.2, 0.25) is 0 Å². The monoisotopic (exact) mass is 291 g/mol. The number of nitrogens with one attached hydrogen (secondary N) is 1. The summed E-state index contributed by atoms with van der Waals surface area (Å²) in [6.45, 7) is 1.61. The van der Waals surface area contributed by atoms with E-state index in [1.54, 1.807) is 50.1 Å². The smallest absolute Gasteiger partial charge is 0.265 e. The van der Waals surface area contributed by atoms with Crippen molar-refractivity contribution in [3.63, 3.8) is 0 Å². The molecule has 0 heterocycles. The van der Waals surface area contributed by atoms with E-state index in [1.807, 2.05) is 18.2 Å². The maximum absolute atomic E-state index is 12.9. The minimum atomic E-state index is -2.95. The number of phenols is 1. The van der Waals surface area contributed by atoms with Crippen molar-refractivity contribution in [2.24, 2.45) is 0 Å². The molecule has 4 nitrogen and oxygen atoms in total. The Bertz CT molecular complexity index is 598. The molecule has 0 aliphatic carbocycles. The van der Waals surface area contributed by atoms with Crippen molar-refractivity contribution < 1.29 is 14.2 Å². The summed E-state index contributed by atoms with van der Waals surface area (Å²) in [5.74, 6) is 0.333. The molecule has 0 aromatic heterocycles. The zero-order valence-corrected chi connectivity index (χ0v) is 12.4. The maximum Gasteiger partial charge on any atom is 0.265 e. The van der Waals surface area contributed by atoms with Crippen molar-refractivity contribution in [1.29, 1.82) is 0 Å². The predicted octanol–water partition coefficient (Wildman–Crippen LogP) is 3.60. The average Bonchev–Trinajstić information content (AvgIpc) is 2.42. The highest BCUT2D eigenvalue weighted by Gasteiger charge is 2.30. The van der Waals surface area contributed by atoms with Crippen molar-refractivity contribution in [2.45, 2.75) is 5.78 Å². The molecule has 0 aliphatic heterocycles. The number of para-hydroxylation sites is 1. The molecule has 0 aliphatic rings. The third-order valence-corrected chi connectivity index (χ3v) is 5.05. The molecule has 0 radical (unpaired) electrons. The van der Waals surface area contributed by atoms with Crippen LogP contribution in [0.3, 0.4) is 0 Å². The minimum Gasteiger partial charge on any atom is -0.508 e. The van der Waals surface area contributed by atoms with Crippen LogP contribution in [0.2, 0.25) is 0 Å². The van der Waals surface area contributed by atoms with Crippen LogP contribution < -0.4 is 9.84 Å². The molecule has 2 aromatic carbocycles. The van der Waals surface area contributed by atoms with Gasteiger partial charge in [-0.15, -0.1) is 0 Å². The lowest BCUT2D eigenvalue weighted by Gasteiger charge is -2.25. The van der Waals surface area contributed by atoms with Gasteiger partial charge in [0.05, 0.1) is 0 Å². The molecule has 2 atom stereocenters. The third-order valence-electron chi connectivity index (χ3n) is 2.98. The molecule has 106 valence electrons. The van der Waals surface area contributed by atoms with Gasteiger partial charge in [-0.3, -0.25) is 4.57 Å². The van der Waals surface area contributed by atoms with Gasteiger partial charge in [-0.1, -0.05) is 30.3 Å². The Morgan fingerprint density at radius 1 is 1.10 bits per heavy atom. The lowest BCUT2D eigenvalue weighted by molar-refractivity contribution is 0.464. The fourth-order valence-corrected chi connectivity index (χ4v) is 3.90. The predicted molar refractivity (Wildman–Crippen MR) is 80.5 cm³/mol. The number of hydrogen-bond donors (Lipinski definition) is 2. The van der Waals surface area contributed by atoms with Gasteiger partial charge < -0.3 is 14.9 Å². The van der Waals surface area contributed by atoms with Gasteiger partial charge in [-0.05, 0) is 36.9 Å². The number of aromatic hydroxyl groups is 1. The summed E-state index contributed by atoms with van der Waals surface area (Å²) in [5, 5.41) is 12.4. The number of phenolic OH excluding ortho intramolecular Hbond substituents is 1. The summed E-state index contributed by atoms with van der Waals surface area (Å²) >= 11 is 0. The molecular formula is C15H18NO3P. The molecule has 2 rings (SSSR count). The first-order valence-corrected chi connectivity index (χ1v) is 8.45. The SMILES string of the molecule is CNC(c1ccc(O)cc1)P(C)(=O)Oc1ccccc1. The summed E-state index contributed by atoms with van der Waals surface area (Å²) in [5.41, 5.74) is 0.812. The topological polar surface area (TPSA) is 58.6 Å². The number of rotatable bonds is 5. The summed E-state index contributed by atoms with van der Waals surface area (Å²) in [6, 6.07) is 15.7. The molecular weight excluding hydrogens is 273 g/mol. The molecule has 0 spiro atoms. The van der Waals surface area contributed by atoms with Crippen molar-refractivity contribution in [1.82, 2.24) is 5.32 Å². The van der Waals surface area contributed by atoms with Crippen LogP contribution in [0.4, 0.5) is 0 Å². The summed E-state index contributed by atoms with van der Waals surface area (Å²) in [6.07, 6.45) is 0. The van der Waals surface area contributed by atoms with Crippen LogP contribution in [0.1, 0.15) is 11.3 Å². The normalized spacial score (nSPS) is 15.3. The second-order valence-electron chi connectivity index (χ2n) is 4.60. The van der Waals surface area contributed by atoms with Crippen LogP contribution in [-0.2, 0) is 4.57 Å². The van der Waals surface area contributed by atoms with Crippen LogP contribution in [-0.4, -0.2) is 18.8 Å². The Balaban J connectivity index is 2.25. The van der Waals surface area contributed by atoms with Crippen LogP contribution in [0.15, 0.2) is 54.6 Å². The molecule has 2 N–H and O–H groups in total. The van der Waals surface area contributed by atoms with Gasteiger partial charge >= 0.3 is 0 Å². The van der Waals surface area contributed by atoms with Gasteiger partial charge in [0.15, 0.2) is 0 Å². The first-order valence-electron chi connectivity index (χ1n) is 6.31. The summed E-state index contributed by atoms with van der Waals surface area (Å²) < 4.78 is 18.5. The van der Waals surface area contributed by atoms with Gasteiger partial charge in [-0.25, -0.2) is 0 Å². The van der Waals surface area contributed by atoms with E-state index >= 15 is 0 Å². The Morgan fingerprint density at radius 2 is 1.70 bits per heavy atom. The Labute approximate surface area is 118 Å². The van der Waals surface area contributed by atoms with Crippen molar-refractivity contribution in [3.8, 4) is 11.5 Å². The van der Waals surface area contributed by atoms with Gasteiger partial charge in [0.25, 0.3) is 7.37 Å². The highest BCUT2D eigenvalue weighted by atomic mass is 31.2. The largest absolute Gasteiger partial charge is 0.508 e. The lowest BCUT2D eigenvalue weighted by Crippen LogP contribution is -2.18. The number of benzene rings is 2. The van der Waals surface area contributed by atoms with E-state index in [0.717, 1.165) is 5.56 Å². The van der Waals surface area contributed by atoms with E-state index in [-0.39, 0.29) is 5.75 Å². The Kier molecular flexibility index (Phi) is 4.48. The molecule has 0 fully saturated rings. The molecule has 2 aromatic rings. The molecule has 20 heavy (non-hydrogen) atoms. The quantitative estimate of drug-likeness (QED) is 0.826. The maximum atomic E-state index is 12.9. The Hall–Kier alpha value is -1.77. The van der Waals surface area contributed by atoms with E-state index in [2.05, 4.69) is 5.32 Å². The third kappa shape index (κ3) is 3.41. The van der Waals surface area contributed by atoms with Crippen LogP contribution in [0, 0.1) is 0 Å². The van der Waals surface area contributed by atoms with Crippen molar-refractivity contribution in [2.75, 3.05) is 13.7 Å². The van der Waals surface area contributed by atoms with Gasteiger partial charge in [0, 0.05) is 6.66 Å². The summed E-state index contributed by atoms with van der Waals surface area (Å²) in [4.78, 5) is 0. The van der Waals surface area contributed by atoms with Crippen LogP contribution in [0.25, 0.3) is 0 Å². The highest BCUT2D eigenvalue weighted by molar-refractivity contribution is 7.58. The second kappa shape index (κ2) is 6.12. The molecule has 2 unspecified atom stereocenters. The number of hydrogen-bond acceptors (Lipinski definition) is 4. The van der Waals surface area contributed by atoms with Gasteiger partial charge in [-0.2, -0.15) is 0 Å². The minimum absolute atomic E-state index is 0.179.